The number of carboxylic acids is 1. The number of anilines is 1. The van der Waals surface area contributed by atoms with E-state index in [-0.39, 0.29) is 16.8 Å². The maximum absolute atomic E-state index is 13.6. The van der Waals surface area contributed by atoms with Gasteiger partial charge in [-0.15, -0.1) is 11.8 Å². The van der Waals surface area contributed by atoms with Gasteiger partial charge in [0.25, 0.3) is 0 Å². The van der Waals surface area contributed by atoms with Crippen LogP contribution in [0.5, 0.6) is 0 Å². The fourth-order valence-corrected chi connectivity index (χ4v) is 3.17. The minimum absolute atomic E-state index is 0.276. The predicted molar refractivity (Wildman–Crippen MR) is 72.0 cm³/mol. The lowest BCUT2D eigenvalue weighted by molar-refractivity contribution is -0.115. The van der Waals surface area contributed by atoms with E-state index in [1.54, 1.807) is 0 Å². The number of nitrogens with one attached hydrogen (secondary N) is 1. The van der Waals surface area contributed by atoms with Crippen LogP contribution in [-0.2, 0) is 4.79 Å². The first-order valence-electron chi connectivity index (χ1n) is 6.14. The van der Waals surface area contributed by atoms with Gasteiger partial charge in [-0.1, -0.05) is 6.42 Å². The zero-order valence-electron chi connectivity index (χ0n) is 10.5. The molecule has 1 aromatic carbocycles. The van der Waals surface area contributed by atoms with E-state index in [0.29, 0.717) is 12.5 Å². The van der Waals surface area contributed by atoms with E-state index in [1.165, 1.54) is 11.8 Å². The molecule has 0 spiro atoms. The van der Waals surface area contributed by atoms with Gasteiger partial charge in [0.2, 0.25) is 5.91 Å². The second-order valence-corrected chi connectivity index (χ2v) is 5.77. The summed E-state index contributed by atoms with van der Waals surface area (Å²) in [5, 5.41) is 10.8. The van der Waals surface area contributed by atoms with Crippen LogP contribution >= 0.6 is 11.8 Å². The zero-order valence-corrected chi connectivity index (χ0v) is 11.3. The SMILES string of the molecule is O=C(O)c1cc(NC(=O)C2CCCCS2)c(F)cc1F. The first-order valence-corrected chi connectivity index (χ1v) is 7.18. The highest BCUT2D eigenvalue weighted by atomic mass is 32.2. The number of carboxylic acid groups (broad SMARTS) is 1. The van der Waals surface area contributed by atoms with Gasteiger partial charge in [0.05, 0.1) is 16.5 Å². The Hall–Kier alpha value is -1.63. The molecular weight excluding hydrogens is 288 g/mol. The van der Waals surface area contributed by atoms with Crippen molar-refractivity contribution in [2.24, 2.45) is 0 Å². The van der Waals surface area contributed by atoms with Gasteiger partial charge in [-0.05, 0) is 24.7 Å². The molecule has 1 saturated heterocycles. The molecule has 7 heteroatoms. The average molecular weight is 301 g/mol. The quantitative estimate of drug-likeness (QED) is 0.901. The van der Waals surface area contributed by atoms with E-state index in [2.05, 4.69) is 5.32 Å². The van der Waals surface area contributed by atoms with Crippen LogP contribution < -0.4 is 5.32 Å². The average Bonchev–Trinajstić information content (AvgIpc) is 2.42. The summed E-state index contributed by atoms with van der Waals surface area (Å²) in [7, 11) is 0. The highest BCUT2D eigenvalue weighted by molar-refractivity contribution is 8.00. The lowest BCUT2D eigenvalue weighted by Crippen LogP contribution is -2.28. The van der Waals surface area contributed by atoms with Crippen molar-refractivity contribution in [3.8, 4) is 0 Å². The summed E-state index contributed by atoms with van der Waals surface area (Å²) < 4.78 is 26.8. The maximum atomic E-state index is 13.6. The summed E-state index contributed by atoms with van der Waals surface area (Å²) >= 11 is 1.49. The maximum Gasteiger partial charge on any atom is 0.338 e. The van der Waals surface area contributed by atoms with E-state index in [1.807, 2.05) is 0 Å². The van der Waals surface area contributed by atoms with Gasteiger partial charge in [-0.25, -0.2) is 13.6 Å². The van der Waals surface area contributed by atoms with E-state index in [4.69, 9.17) is 5.11 Å². The van der Waals surface area contributed by atoms with Crippen molar-refractivity contribution in [1.29, 1.82) is 0 Å². The molecule has 20 heavy (non-hydrogen) atoms. The van der Waals surface area contributed by atoms with Crippen LogP contribution in [0.2, 0.25) is 0 Å². The third-order valence-corrected chi connectivity index (χ3v) is 4.39. The molecule has 108 valence electrons. The van der Waals surface area contributed by atoms with Crippen LogP contribution in [0.15, 0.2) is 12.1 Å². The van der Waals surface area contributed by atoms with E-state index < -0.39 is 23.2 Å². The third-order valence-electron chi connectivity index (χ3n) is 3.02. The third kappa shape index (κ3) is 3.27. The van der Waals surface area contributed by atoms with Crippen molar-refractivity contribution in [2.45, 2.75) is 24.5 Å². The Bertz CT molecular complexity index is 545. The van der Waals surface area contributed by atoms with Gasteiger partial charge in [-0.2, -0.15) is 0 Å². The normalized spacial score (nSPS) is 18.6. The Kier molecular flexibility index (Phi) is 4.59. The van der Waals surface area contributed by atoms with Crippen LogP contribution in [0.1, 0.15) is 29.6 Å². The largest absolute Gasteiger partial charge is 0.478 e. The lowest BCUT2D eigenvalue weighted by Gasteiger charge is -2.20. The molecule has 0 radical (unpaired) electrons. The Morgan fingerprint density at radius 1 is 1.25 bits per heavy atom. The standard InChI is InChI=1S/C13H13F2NO3S/c14-8-6-9(15)10(5-7(8)13(18)19)16-12(17)11-3-1-2-4-20-11/h5-6,11H,1-4H2,(H,16,17)(H,18,19). The monoisotopic (exact) mass is 301 g/mol. The van der Waals surface area contributed by atoms with Gasteiger partial charge in [0, 0.05) is 6.07 Å². The van der Waals surface area contributed by atoms with Crippen molar-refractivity contribution in [2.75, 3.05) is 11.1 Å². The van der Waals surface area contributed by atoms with Crippen LogP contribution in [0.3, 0.4) is 0 Å². The number of rotatable bonds is 3. The minimum Gasteiger partial charge on any atom is -0.478 e. The van der Waals surface area contributed by atoms with Crippen LogP contribution in [0, 0.1) is 11.6 Å². The first-order chi connectivity index (χ1) is 9.49. The van der Waals surface area contributed by atoms with Crippen LogP contribution in [0.4, 0.5) is 14.5 Å². The Morgan fingerprint density at radius 2 is 2.00 bits per heavy atom. The van der Waals surface area contributed by atoms with Gasteiger partial charge < -0.3 is 10.4 Å². The Labute approximate surface area is 118 Å². The molecule has 1 atom stereocenters. The number of hydrogen-bond donors (Lipinski definition) is 2. The molecule has 1 aliphatic heterocycles. The fourth-order valence-electron chi connectivity index (χ4n) is 1.97. The number of benzene rings is 1. The molecule has 2 N–H and O–H groups in total. The number of halogens is 2. The first kappa shape index (κ1) is 14.8. The highest BCUT2D eigenvalue weighted by Crippen LogP contribution is 2.27. The number of carbonyl (C=O) groups is 2. The number of carbonyl (C=O) groups excluding carboxylic acids is 1. The van der Waals surface area contributed by atoms with Gasteiger partial charge in [0.15, 0.2) is 0 Å². The van der Waals surface area contributed by atoms with Crippen molar-refractivity contribution in [3.63, 3.8) is 0 Å². The Morgan fingerprint density at radius 3 is 2.60 bits per heavy atom. The van der Waals surface area contributed by atoms with E-state index in [9.17, 15) is 18.4 Å². The molecule has 1 heterocycles. The second-order valence-electron chi connectivity index (χ2n) is 4.46. The van der Waals surface area contributed by atoms with Crippen molar-refractivity contribution in [1.82, 2.24) is 0 Å². The summed E-state index contributed by atoms with van der Waals surface area (Å²) in [5.41, 5.74) is -0.974. The summed E-state index contributed by atoms with van der Waals surface area (Å²) in [6.07, 6.45) is 2.67. The number of thioether (sulfide) groups is 1. The minimum atomic E-state index is -1.51. The molecule has 4 nitrogen and oxygen atoms in total. The Balaban J connectivity index is 2.18. The summed E-state index contributed by atoms with van der Waals surface area (Å²) in [6.45, 7) is 0. The topological polar surface area (TPSA) is 66.4 Å². The van der Waals surface area contributed by atoms with Gasteiger partial charge in [0.1, 0.15) is 11.6 Å². The molecule has 1 unspecified atom stereocenters. The molecule has 1 amide bonds. The molecule has 2 rings (SSSR count). The zero-order chi connectivity index (χ0) is 14.7. The fraction of sp³-hybridized carbons (Fsp3) is 0.385. The molecule has 1 aromatic rings. The van der Waals surface area contributed by atoms with Crippen LogP contribution in [0.25, 0.3) is 0 Å². The molecular formula is C13H13F2NO3S. The van der Waals surface area contributed by atoms with Crippen molar-refractivity contribution >= 4 is 29.3 Å². The summed E-state index contributed by atoms with van der Waals surface area (Å²) in [5.74, 6) is -3.17. The molecule has 0 aliphatic carbocycles. The molecule has 0 saturated carbocycles. The van der Waals surface area contributed by atoms with Gasteiger partial charge in [-0.3, -0.25) is 4.79 Å². The molecule has 0 aromatic heterocycles. The number of hydrogen-bond acceptors (Lipinski definition) is 3. The van der Waals surface area contributed by atoms with Crippen LogP contribution in [-0.4, -0.2) is 28.0 Å². The highest BCUT2D eigenvalue weighted by Gasteiger charge is 2.23. The number of amides is 1. The van der Waals surface area contributed by atoms with Gasteiger partial charge >= 0.3 is 5.97 Å². The molecule has 1 aliphatic rings. The van der Waals surface area contributed by atoms with E-state index in [0.717, 1.165) is 24.7 Å². The van der Waals surface area contributed by atoms with E-state index >= 15 is 0 Å². The summed E-state index contributed by atoms with van der Waals surface area (Å²) in [4.78, 5) is 22.7. The smallest absolute Gasteiger partial charge is 0.338 e. The van der Waals surface area contributed by atoms with Crippen molar-refractivity contribution in [3.05, 3.63) is 29.3 Å². The predicted octanol–water partition coefficient (Wildman–Crippen LogP) is 2.89. The second kappa shape index (κ2) is 6.21. The number of aromatic carboxylic acids is 1. The lowest BCUT2D eigenvalue weighted by atomic mass is 10.1. The molecule has 0 bridgehead atoms. The molecule has 1 fully saturated rings. The summed E-state index contributed by atoms with van der Waals surface area (Å²) in [6, 6.07) is 1.27. The van der Waals surface area contributed by atoms with Crippen molar-refractivity contribution < 1.29 is 23.5 Å².